The third kappa shape index (κ3) is 3.18. The van der Waals surface area contributed by atoms with Gasteiger partial charge in [0.25, 0.3) is 6.20 Å². The number of benzene rings is 2. The number of nitrogens with zero attached hydrogens (tertiary/aromatic N) is 2. The Bertz CT molecular complexity index is 1010. The van der Waals surface area contributed by atoms with E-state index in [-0.39, 0.29) is 6.04 Å². The lowest BCUT2D eigenvalue weighted by molar-refractivity contribution is -0.670. The lowest BCUT2D eigenvalue weighted by atomic mass is 9.99. The van der Waals surface area contributed by atoms with Gasteiger partial charge in [0.05, 0.1) is 11.8 Å². The molecule has 0 radical (unpaired) electrons. The molecule has 4 rings (SSSR count). The van der Waals surface area contributed by atoms with Gasteiger partial charge in [-0.2, -0.15) is 5.10 Å². The van der Waals surface area contributed by atoms with Crippen LogP contribution in [0.3, 0.4) is 0 Å². The maximum Gasteiger partial charge on any atom is 0.427 e. The Morgan fingerprint density at radius 2 is 1.96 bits per heavy atom. The van der Waals surface area contributed by atoms with Gasteiger partial charge >= 0.3 is 5.63 Å². The fourth-order valence-corrected chi connectivity index (χ4v) is 3.32. The predicted molar refractivity (Wildman–Crippen MR) is 94.4 cm³/mol. The highest BCUT2D eigenvalue weighted by Crippen LogP contribution is 2.31. The Hall–Kier alpha value is -2.57. The fraction of sp³-hybridized carbons (Fsp3) is 0.118. The third-order valence-electron chi connectivity index (χ3n) is 4.05. The van der Waals surface area contributed by atoms with Crippen LogP contribution in [0.25, 0.3) is 5.69 Å². The van der Waals surface area contributed by atoms with Gasteiger partial charge in [0.2, 0.25) is 5.69 Å². The average Bonchev–Trinajstić information content (AvgIpc) is 3.24. The van der Waals surface area contributed by atoms with Crippen molar-refractivity contribution in [3.05, 3.63) is 80.3 Å². The van der Waals surface area contributed by atoms with E-state index < -0.39 is 5.63 Å². The van der Waals surface area contributed by atoms with Crippen LogP contribution in [0.15, 0.2) is 63.1 Å². The van der Waals surface area contributed by atoms with Crippen LogP contribution in [0, 0.1) is 0 Å². The number of aromatic nitrogens is 2. The number of H-pyrrole nitrogens is 1. The normalized spacial score (nSPS) is 16.6. The van der Waals surface area contributed by atoms with Gasteiger partial charge < -0.3 is 5.43 Å². The molecule has 0 saturated heterocycles. The zero-order valence-corrected chi connectivity index (χ0v) is 14.4. The van der Waals surface area contributed by atoms with Crippen molar-refractivity contribution in [2.45, 2.75) is 12.5 Å². The summed E-state index contributed by atoms with van der Waals surface area (Å²) < 4.78 is 6.17. The maximum absolute atomic E-state index is 11.1. The Morgan fingerprint density at radius 1 is 1.16 bits per heavy atom. The molecule has 1 unspecified atom stereocenters. The van der Waals surface area contributed by atoms with Crippen molar-refractivity contribution in [1.29, 1.82) is 0 Å². The number of halogens is 2. The minimum Gasteiger partial charge on any atom is -0.302 e. The molecule has 2 N–H and O–H groups in total. The Balaban J connectivity index is 1.52. The molecule has 0 fully saturated rings. The van der Waals surface area contributed by atoms with E-state index in [1.807, 2.05) is 36.4 Å². The number of hydrazone groups is 1. The molecule has 1 aromatic heterocycles. The lowest BCUT2D eigenvalue weighted by Gasteiger charge is -2.12. The zero-order valence-electron chi connectivity index (χ0n) is 12.9. The molecule has 0 amide bonds. The van der Waals surface area contributed by atoms with Gasteiger partial charge in [-0.15, -0.1) is 0 Å². The molecular weight excluding hydrogens is 363 g/mol. The smallest absolute Gasteiger partial charge is 0.302 e. The minimum absolute atomic E-state index is 0.0130. The van der Waals surface area contributed by atoms with Crippen LogP contribution in [0.1, 0.15) is 23.6 Å². The first-order valence-electron chi connectivity index (χ1n) is 7.58. The molecule has 2 aromatic carbocycles. The molecule has 1 aliphatic rings. The number of hydrogen-bond acceptors (Lipinski definition) is 4. The molecule has 0 bridgehead atoms. The monoisotopic (exact) mass is 375 g/mol. The third-order valence-corrected chi connectivity index (χ3v) is 4.61. The molecule has 0 saturated carbocycles. The van der Waals surface area contributed by atoms with Crippen LogP contribution in [0.4, 0.5) is 0 Å². The van der Waals surface area contributed by atoms with Crippen molar-refractivity contribution in [2.24, 2.45) is 5.10 Å². The van der Waals surface area contributed by atoms with Crippen molar-refractivity contribution < 1.29 is 9.20 Å². The highest BCUT2D eigenvalue weighted by Gasteiger charge is 2.23. The van der Waals surface area contributed by atoms with Gasteiger partial charge in [-0.3, -0.25) is 4.52 Å². The number of nitrogens with one attached hydrogen (secondary N) is 2. The van der Waals surface area contributed by atoms with Crippen molar-refractivity contribution in [2.75, 3.05) is 0 Å². The Morgan fingerprint density at radius 3 is 2.64 bits per heavy atom. The second kappa shape index (κ2) is 6.38. The Kier molecular flexibility index (Phi) is 4.07. The fourth-order valence-electron chi connectivity index (χ4n) is 2.78. The van der Waals surface area contributed by atoms with Crippen molar-refractivity contribution in [3.63, 3.8) is 0 Å². The van der Waals surface area contributed by atoms with E-state index in [0.717, 1.165) is 28.9 Å². The first-order chi connectivity index (χ1) is 12.1. The van der Waals surface area contributed by atoms with E-state index in [2.05, 4.69) is 20.3 Å². The molecule has 0 spiro atoms. The summed E-state index contributed by atoms with van der Waals surface area (Å²) in [5.74, 6) is 0. The quantitative estimate of drug-likeness (QED) is 0.691. The SMILES string of the molecule is O=c1c[n+](-c2ccc(C3=NNC(c4ccc(Cl)cc4Cl)C3)cc2)[nH]o1. The molecule has 126 valence electrons. The summed E-state index contributed by atoms with van der Waals surface area (Å²) in [4.78, 5) is 11.1. The lowest BCUT2D eigenvalue weighted by Crippen LogP contribution is -2.32. The molecule has 6 nitrogen and oxygen atoms in total. The van der Waals surface area contributed by atoms with Crippen LogP contribution in [0.5, 0.6) is 0 Å². The van der Waals surface area contributed by atoms with Gasteiger partial charge in [-0.1, -0.05) is 29.3 Å². The van der Waals surface area contributed by atoms with Crippen LogP contribution in [0.2, 0.25) is 10.0 Å². The second-order valence-electron chi connectivity index (χ2n) is 5.67. The summed E-state index contributed by atoms with van der Waals surface area (Å²) in [6, 6.07) is 13.1. The molecule has 1 atom stereocenters. The van der Waals surface area contributed by atoms with Crippen LogP contribution in [-0.4, -0.2) is 11.0 Å². The largest absolute Gasteiger partial charge is 0.427 e. The first kappa shape index (κ1) is 15.9. The van der Waals surface area contributed by atoms with Gasteiger partial charge in [0.15, 0.2) is 0 Å². The average molecular weight is 376 g/mol. The second-order valence-corrected chi connectivity index (χ2v) is 6.51. The number of hydrogen-bond donors (Lipinski definition) is 2. The maximum atomic E-state index is 11.1. The summed E-state index contributed by atoms with van der Waals surface area (Å²) in [7, 11) is 0. The van der Waals surface area contributed by atoms with Crippen molar-refractivity contribution in [3.8, 4) is 5.69 Å². The zero-order chi connectivity index (χ0) is 17.4. The number of aromatic amines is 1. The van der Waals surface area contributed by atoms with Crippen LogP contribution >= 0.6 is 23.2 Å². The number of rotatable bonds is 3. The summed E-state index contributed by atoms with van der Waals surface area (Å²) in [5.41, 5.74) is 6.38. The van der Waals surface area contributed by atoms with Gasteiger partial charge in [-0.05, 0) is 45.3 Å². The predicted octanol–water partition coefficient (Wildman–Crippen LogP) is 2.99. The van der Waals surface area contributed by atoms with Gasteiger partial charge in [-0.25, -0.2) is 4.79 Å². The van der Waals surface area contributed by atoms with Gasteiger partial charge in [0, 0.05) is 28.6 Å². The molecule has 25 heavy (non-hydrogen) atoms. The van der Waals surface area contributed by atoms with E-state index in [1.165, 1.54) is 10.9 Å². The standard InChI is InChI=1S/C17H12Cl2N4O2/c18-11-3-6-13(14(19)7-11)16-8-15(20-21-16)10-1-4-12(5-2-10)23-9-17(24)25-22-23/h1-7,9,16H,8H2,(H-,21,22,24)/p+1. The van der Waals surface area contributed by atoms with E-state index in [4.69, 9.17) is 23.2 Å². The molecular formula is C17H13Cl2N4O2+. The van der Waals surface area contributed by atoms with E-state index in [1.54, 1.807) is 6.07 Å². The van der Waals surface area contributed by atoms with Gasteiger partial charge in [0.1, 0.15) is 0 Å². The summed E-state index contributed by atoms with van der Waals surface area (Å²) in [6.45, 7) is 0. The van der Waals surface area contributed by atoms with Crippen molar-refractivity contribution >= 4 is 28.9 Å². The van der Waals surface area contributed by atoms with E-state index in [9.17, 15) is 4.79 Å². The topological polar surface area (TPSA) is 74.3 Å². The Labute approximate surface area is 152 Å². The highest BCUT2D eigenvalue weighted by atomic mass is 35.5. The highest BCUT2D eigenvalue weighted by molar-refractivity contribution is 6.35. The molecule has 0 aliphatic carbocycles. The molecule has 2 heterocycles. The summed E-state index contributed by atoms with van der Waals surface area (Å²) in [5, 5.41) is 8.17. The molecule has 3 aromatic rings. The van der Waals surface area contributed by atoms with Crippen molar-refractivity contribution in [1.82, 2.24) is 10.7 Å². The molecule has 1 aliphatic heterocycles. The minimum atomic E-state index is -0.434. The van der Waals surface area contributed by atoms with E-state index >= 15 is 0 Å². The van der Waals surface area contributed by atoms with E-state index in [0.29, 0.717) is 10.0 Å². The summed E-state index contributed by atoms with van der Waals surface area (Å²) in [6.07, 6.45) is 2.05. The summed E-state index contributed by atoms with van der Waals surface area (Å²) >= 11 is 12.2. The van der Waals surface area contributed by atoms with Crippen LogP contribution in [-0.2, 0) is 0 Å². The van der Waals surface area contributed by atoms with Crippen LogP contribution < -0.4 is 15.7 Å². The molecule has 8 heteroatoms. The first-order valence-corrected chi connectivity index (χ1v) is 8.34.